The lowest BCUT2D eigenvalue weighted by Gasteiger charge is -2.25. The highest BCUT2D eigenvalue weighted by Gasteiger charge is 2.30. The number of thioether (sulfide) groups is 1. The predicted molar refractivity (Wildman–Crippen MR) is 140 cm³/mol. The zero-order chi connectivity index (χ0) is 23.7. The molecule has 5 rings (SSSR count). The number of carbonyl (C=O) groups excluding carboxylic acids is 2. The van der Waals surface area contributed by atoms with Crippen molar-refractivity contribution in [2.75, 3.05) is 24.7 Å². The van der Waals surface area contributed by atoms with Gasteiger partial charge in [-0.3, -0.25) is 4.79 Å². The number of methoxy groups -OCH3 is 1. The fraction of sp³-hybridized carbons (Fsp3) is 0.240. The summed E-state index contributed by atoms with van der Waals surface area (Å²) in [6.07, 6.45) is 0.349. The molecular formula is C25H23N3O3S3. The number of thiophene rings is 1. The van der Waals surface area contributed by atoms with Crippen molar-refractivity contribution < 1.29 is 14.3 Å². The number of nitrogens with zero attached hydrogens (tertiary/aromatic N) is 2. The molecular weight excluding hydrogens is 486 g/mol. The van der Waals surface area contributed by atoms with Crippen molar-refractivity contribution in [2.24, 2.45) is 0 Å². The number of anilines is 1. The van der Waals surface area contributed by atoms with E-state index in [1.807, 2.05) is 42.5 Å². The molecule has 1 N–H and O–H groups in total. The second-order valence-electron chi connectivity index (χ2n) is 7.75. The normalized spacial score (nSPS) is 13.1. The second kappa shape index (κ2) is 9.77. The first kappa shape index (κ1) is 22.9. The summed E-state index contributed by atoms with van der Waals surface area (Å²) in [5, 5.41) is 4.80. The van der Waals surface area contributed by atoms with Gasteiger partial charge in [-0.15, -0.1) is 34.4 Å². The van der Waals surface area contributed by atoms with Crippen molar-refractivity contribution in [2.45, 2.75) is 24.8 Å². The zero-order valence-electron chi connectivity index (χ0n) is 18.8. The molecule has 2 aromatic heterocycles. The summed E-state index contributed by atoms with van der Waals surface area (Å²) in [4.78, 5) is 34.0. The Labute approximate surface area is 210 Å². The van der Waals surface area contributed by atoms with Crippen molar-refractivity contribution >= 4 is 61.7 Å². The van der Waals surface area contributed by atoms with Gasteiger partial charge < -0.3 is 15.0 Å². The van der Waals surface area contributed by atoms with E-state index in [1.54, 1.807) is 28.0 Å². The van der Waals surface area contributed by atoms with Crippen LogP contribution in [0.4, 0.5) is 9.80 Å². The molecule has 0 saturated carbocycles. The highest BCUT2D eigenvalue weighted by Crippen LogP contribution is 2.45. The fourth-order valence-electron chi connectivity index (χ4n) is 4.03. The van der Waals surface area contributed by atoms with Crippen molar-refractivity contribution in [1.29, 1.82) is 0 Å². The maximum Gasteiger partial charge on any atom is 0.409 e. The maximum atomic E-state index is 13.2. The topological polar surface area (TPSA) is 71.5 Å². The highest BCUT2D eigenvalue weighted by atomic mass is 32.2. The lowest BCUT2D eigenvalue weighted by Crippen LogP contribution is -2.35. The number of benzene rings is 2. The van der Waals surface area contributed by atoms with E-state index in [1.165, 1.54) is 18.4 Å². The minimum atomic E-state index is -0.337. The molecule has 1 aliphatic heterocycles. The molecule has 2 amide bonds. The Morgan fingerprint density at radius 1 is 1.15 bits per heavy atom. The Balaban J connectivity index is 1.52. The molecule has 0 fully saturated rings. The highest BCUT2D eigenvalue weighted by molar-refractivity contribution is 7.99. The molecule has 34 heavy (non-hydrogen) atoms. The van der Waals surface area contributed by atoms with Crippen molar-refractivity contribution in [3.8, 4) is 10.6 Å². The summed E-state index contributed by atoms with van der Waals surface area (Å²) < 4.78 is 6.03. The van der Waals surface area contributed by atoms with Gasteiger partial charge in [-0.05, 0) is 54.1 Å². The minimum Gasteiger partial charge on any atom is -0.453 e. The van der Waals surface area contributed by atoms with Crippen molar-refractivity contribution in [3.05, 3.63) is 64.5 Å². The van der Waals surface area contributed by atoms with Crippen LogP contribution in [0, 0.1) is 0 Å². The Morgan fingerprint density at radius 2 is 1.94 bits per heavy atom. The number of amides is 2. The number of aromatic nitrogens is 1. The quantitative estimate of drug-likeness (QED) is 0.310. The molecule has 0 aliphatic carbocycles. The molecule has 0 spiro atoms. The molecule has 9 heteroatoms. The number of ether oxygens (including phenoxy) is 1. The molecule has 0 radical (unpaired) electrons. The number of carbonyl (C=O) groups is 2. The largest absolute Gasteiger partial charge is 0.453 e. The maximum absolute atomic E-state index is 13.2. The van der Waals surface area contributed by atoms with Crippen LogP contribution in [0.1, 0.15) is 27.7 Å². The van der Waals surface area contributed by atoms with Gasteiger partial charge in [-0.1, -0.05) is 19.1 Å². The fourth-order valence-corrected chi connectivity index (χ4v) is 7.06. The van der Waals surface area contributed by atoms with E-state index in [0.29, 0.717) is 25.1 Å². The van der Waals surface area contributed by atoms with Gasteiger partial charge in [0.05, 0.1) is 23.9 Å². The van der Waals surface area contributed by atoms with Crippen molar-refractivity contribution in [3.63, 3.8) is 0 Å². The van der Waals surface area contributed by atoms with E-state index in [2.05, 4.69) is 18.3 Å². The Bertz CT molecular complexity index is 1330. The predicted octanol–water partition coefficient (Wildman–Crippen LogP) is 6.51. The van der Waals surface area contributed by atoms with Crippen LogP contribution in [0.3, 0.4) is 0 Å². The lowest BCUT2D eigenvalue weighted by atomic mass is 10.0. The van der Waals surface area contributed by atoms with E-state index in [-0.39, 0.29) is 12.0 Å². The van der Waals surface area contributed by atoms with Gasteiger partial charge in [0.15, 0.2) is 0 Å². The van der Waals surface area contributed by atoms with Gasteiger partial charge in [-0.2, -0.15) is 0 Å². The third-order valence-corrected chi connectivity index (χ3v) is 8.73. The lowest BCUT2D eigenvalue weighted by molar-refractivity contribution is 0.102. The molecule has 174 valence electrons. The number of hydrogen-bond donors (Lipinski definition) is 1. The standard InChI is InChI=1S/C25H23N3O3S3/c1-3-32-16-10-8-15(9-11-16)22(29)27-24-21(23-26-18-6-4-5-7-19(18)33-23)17-12-13-28(25(30)31-2)14-20(17)34-24/h4-11H,3,12-14H2,1-2H3,(H,27,29). The molecule has 2 aromatic carbocycles. The van der Waals surface area contributed by atoms with Gasteiger partial charge in [0.25, 0.3) is 5.91 Å². The summed E-state index contributed by atoms with van der Waals surface area (Å²) >= 11 is 4.88. The molecule has 0 atom stereocenters. The number of rotatable bonds is 5. The van der Waals surface area contributed by atoms with E-state index in [9.17, 15) is 9.59 Å². The van der Waals surface area contributed by atoms with Crippen LogP contribution in [0.15, 0.2) is 53.4 Å². The van der Waals surface area contributed by atoms with Gasteiger partial charge in [-0.25, -0.2) is 9.78 Å². The first-order valence-corrected chi connectivity index (χ1v) is 13.6. The number of fused-ring (bicyclic) bond motifs is 2. The van der Waals surface area contributed by atoms with Gasteiger partial charge in [0.1, 0.15) is 10.0 Å². The van der Waals surface area contributed by atoms with E-state index in [4.69, 9.17) is 9.72 Å². The summed E-state index contributed by atoms with van der Waals surface area (Å²) in [5.41, 5.74) is 3.67. The molecule has 1 aliphatic rings. The smallest absolute Gasteiger partial charge is 0.409 e. The van der Waals surface area contributed by atoms with Crippen LogP contribution in [-0.2, 0) is 17.7 Å². The first-order valence-electron chi connectivity index (χ1n) is 10.9. The SMILES string of the molecule is CCSc1ccc(C(=O)Nc2sc3c(c2-c2nc4ccccc4s2)CCN(C(=O)OC)C3)cc1. The second-order valence-corrected chi connectivity index (χ2v) is 11.2. The molecule has 0 bridgehead atoms. The average Bonchev–Trinajstić information content (AvgIpc) is 3.44. The van der Waals surface area contributed by atoms with Gasteiger partial charge in [0, 0.05) is 27.4 Å². The Kier molecular flexibility index (Phi) is 6.58. The first-order chi connectivity index (χ1) is 16.6. The van der Waals surface area contributed by atoms with Crippen LogP contribution in [0.2, 0.25) is 0 Å². The summed E-state index contributed by atoms with van der Waals surface area (Å²) in [6, 6.07) is 15.7. The summed E-state index contributed by atoms with van der Waals surface area (Å²) in [7, 11) is 1.40. The Morgan fingerprint density at radius 3 is 2.68 bits per heavy atom. The third kappa shape index (κ3) is 4.43. The zero-order valence-corrected chi connectivity index (χ0v) is 21.2. The average molecular weight is 510 g/mol. The van der Waals surface area contributed by atoms with Crippen LogP contribution in [-0.4, -0.2) is 41.3 Å². The molecule has 4 aromatic rings. The van der Waals surface area contributed by atoms with Crippen LogP contribution in [0.5, 0.6) is 0 Å². The monoisotopic (exact) mass is 509 g/mol. The van der Waals surface area contributed by atoms with E-state index >= 15 is 0 Å². The number of hydrogen-bond acceptors (Lipinski definition) is 7. The van der Waals surface area contributed by atoms with Crippen molar-refractivity contribution in [1.82, 2.24) is 9.88 Å². The molecule has 0 unspecified atom stereocenters. The number of para-hydroxylation sites is 1. The molecule has 3 heterocycles. The van der Waals surface area contributed by atoms with Gasteiger partial charge in [0.2, 0.25) is 0 Å². The number of nitrogens with one attached hydrogen (secondary N) is 1. The molecule has 6 nitrogen and oxygen atoms in total. The minimum absolute atomic E-state index is 0.154. The van der Waals surface area contributed by atoms with Crippen LogP contribution < -0.4 is 5.32 Å². The Hall–Kier alpha value is -2.88. The summed E-state index contributed by atoms with van der Waals surface area (Å²) in [5.74, 6) is 0.833. The van der Waals surface area contributed by atoms with Crippen LogP contribution >= 0.6 is 34.4 Å². The third-order valence-electron chi connectivity index (χ3n) is 5.65. The molecule has 0 saturated heterocycles. The number of thiazole rings is 1. The van der Waals surface area contributed by atoms with E-state index in [0.717, 1.165) is 46.9 Å². The summed E-state index contributed by atoms with van der Waals surface area (Å²) in [6.45, 7) is 3.14. The van der Waals surface area contributed by atoms with Crippen LogP contribution in [0.25, 0.3) is 20.8 Å². The van der Waals surface area contributed by atoms with E-state index < -0.39 is 0 Å². The van der Waals surface area contributed by atoms with Gasteiger partial charge >= 0.3 is 6.09 Å².